The van der Waals surface area contributed by atoms with Crippen molar-refractivity contribution in [1.82, 2.24) is 0 Å². The minimum Gasteiger partial charge on any atom is -0.478 e. The average molecular weight is 466 g/mol. The molecule has 5 nitrogen and oxygen atoms in total. The summed E-state index contributed by atoms with van der Waals surface area (Å²) in [5, 5.41) is 20.1. The number of halogens is 5. The predicted octanol–water partition coefficient (Wildman–Crippen LogP) is 5.30. The number of anilines is 1. The van der Waals surface area contributed by atoms with Crippen LogP contribution < -0.4 is 5.32 Å². The Balaban J connectivity index is 0.000000292. The van der Waals surface area contributed by atoms with Crippen LogP contribution >= 0.6 is 15.9 Å². The Morgan fingerprint density at radius 3 is 1.64 bits per heavy atom. The third-order valence-electron chi connectivity index (χ3n) is 3.04. The zero-order valence-corrected chi connectivity index (χ0v) is 16.5. The van der Waals surface area contributed by atoms with Gasteiger partial charge in [-0.2, -0.15) is 0 Å². The average Bonchev–Trinajstić information content (AvgIpc) is 2.52. The number of aromatic carboxylic acids is 2. The molecular formula is C18H16BrF4NO4. The first-order valence-corrected chi connectivity index (χ1v) is 8.40. The Labute approximate surface area is 166 Å². The minimum atomic E-state index is -1.30. The van der Waals surface area contributed by atoms with Crippen molar-refractivity contribution in [2.45, 2.75) is 26.3 Å². The van der Waals surface area contributed by atoms with Gasteiger partial charge in [0.25, 0.3) is 0 Å². The maximum atomic E-state index is 13.0. The van der Waals surface area contributed by atoms with Gasteiger partial charge in [-0.25, -0.2) is 27.2 Å². The molecule has 0 bridgehead atoms. The molecule has 0 aliphatic carbocycles. The zero-order chi connectivity index (χ0) is 21.8. The summed E-state index contributed by atoms with van der Waals surface area (Å²) >= 11 is 2.79. The number of hydrogen-bond acceptors (Lipinski definition) is 3. The molecule has 0 radical (unpaired) electrons. The lowest BCUT2D eigenvalue weighted by atomic mass is 10.1. The van der Waals surface area contributed by atoms with E-state index in [0.29, 0.717) is 12.1 Å². The van der Waals surface area contributed by atoms with Gasteiger partial charge in [0.1, 0.15) is 0 Å². The van der Waals surface area contributed by atoms with Gasteiger partial charge < -0.3 is 15.5 Å². The fraction of sp³-hybridized carbons (Fsp3) is 0.222. The van der Waals surface area contributed by atoms with Crippen molar-refractivity contribution < 1.29 is 37.4 Å². The Hall–Kier alpha value is -2.62. The molecule has 28 heavy (non-hydrogen) atoms. The largest absolute Gasteiger partial charge is 0.478 e. The van der Waals surface area contributed by atoms with Crippen LogP contribution in [0.1, 0.15) is 41.5 Å². The first-order chi connectivity index (χ1) is 12.7. The van der Waals surface area contributed by atoms with Crippen molar-refractivity contribution in [3.05, 3.63) is 63.1 Å². The van der Waals surface area contributed by atoms with Crippen LogP contribution in [0.4, 0.5) is 23.2 Å². The molecular weight excluding hydrogens is 450 g/mol. The molecule has 0 saturated carbocycles. The molecule has 152 valence electrons. The Morgan fingerprint density at radius 1 is 0.821 bits per heavy atom. The molecule has 2 rings (SSSR count). The Morgan fingerprint density at radius 2 is 1.21 bits per heavy atom. The van der Waals surface area contributed by atoms with E-state index in [4.69, 9.17) is 10.2 Å². The third-order valence-corrected chi connectivity index (χ3v) is 3.70. The predicted molar refractivity (Wildman–Crippen MR) is 97.7 cm³/mol. The van der Waals surface area contributed by atoms with Crippen molar-refractivity contribution in [2.75, 3.05) is 5.32 Å². The van der Waals surface area contributed by atoms with Crippen LogP contribution in [0.25, 0.3) is 0 Å². The first-order valence-electron chi connectivity index (χ1n) is 7.61. The fourth-order valence-electron chi connectivity index (χ4n) is 1.92. The van der Waals surface area contributed by atoms with Gasteiger partial charge in [-0.1, -0.05) is 0 Å². The normalized spacial score (nSPS) is 10.7. The van der Waals surface area contributed by atoms with E-state index in [-0.39, 0.29) is 21.3 Å². The fourth-order valence-corrected chi connectivity index (χ4v) is 2.40. The summed E-state index contributed by atoms with van der Waals surface area (Å²) in [6.45, 7) is 5.37. The number of benzene rings is 2. The van der Waals surface area contributed by atoms with Gasteiger partial charge in [0, 0.05) is 16.1 Å². The Kier molecular flexibility index (Phi) is 7.57. The van der Waals surface area contributed by atoms with Gasteiger partial charge in [-0.15, -0.1) is 0 Å². The van der Waals surface area contributed by atoms with Gasteiger partial charge in [0.2, 0.25) is 0 Å². The number of hydrogen-bond donors (Lipinski definition) is 3. The van der Waals surface area contributed by atoms with E-state index in [1.54, 1.807) is 20.8 Å². The standard InChI is InChI=1S/C11H13F2NO2.C7H3BrF2O2/c1-11(2,3)14-9-5-8(13)7(12)4-6(9)10(15)16;8-4-2-6(10)5(9)1-3(4)7(11)12/h4-5,14H,1-3H3,(H,15,16);1-2H,(H,11,12). The van der Waals surface area contributed by atoms with E-state index in [0.717, 1.165) is 12.1 Å². The second kappa shape index (κ2) is 9.05. The number of carbonyl (C=O) groups is 2. The van der Waals surface area contributed by atoms with Gasteiger partial charge in [-0.3, -0.25) is 0 Å². The number of rotatable bonds is 3. The molecule has 0 aliphatic rings. The smallest absolute Gasteiger partial charge is 0.337 e. The molecule has 0 spiro atoms. The lowest BCUT2D eigenvalue weighted by Gasteiger charge is -2.23. The monoisotopic (exact) mass is 465 g/mol. The minimum absolute atomic E-state index is 0.0221. The highest BCUT2D eigenvalue weighted by Gasteiger charge is 2.19. The molecule has 0 saturated heterocycles. The van der Waals surface area contributed by atoms with Crippen LogP contribution in [0.3, 0.4) is 0 Å². The summed E-state index contributed by atoms with van der Waals surface area (Å²) in [5.74, 6) is -7.09. The topological polar surface area (TPSA) is 86.6 Å². The SMILES string of the molecule is CC(C)(C)Nc1cc(F)c(F)cc1C(=O)O.O=C(O)c1cc(F)c(F)cc1Br. The quantitative estimate of drug-likeness (QED) is 0.423. The number of carboxylic acids is 2. The molecule has 3 N–H and O–H groups in total. The van der Waals surface area contributed by atoms with Gasteiger partial charge in [-0.05, 0) is 54.9 Å². The molecule has 0 aromatic heterocycles. The molecule has 0 amide bonds. The molecule has 0 aliphatic heterocycles. The van der Waals surface area contributed by atoms with Crippen LogP contribution in [0.15, 0.2) is 28.7 Å². The molecule has 2 aromatic rings. The van der Waals surface area contributed by atoms with Gasteiger partial charge in [0.05, 0.1) is 16.8 Å². The Bertz CT molecular complexity index is 913. The van der Waals surface area contributed by atoms with E-state index < -0.39 is 40.7 Å². The van der Waals surface area contributed by atoms with E-state index in [1.165, 1.54) is 0 Å². The van der Waals surface area contributed by atoms with Crippen LogP contribution in [0.2, 0.25) is 0 Å². The number of nitrogens with one attached hydrogen (secondary N) is 1. The highest BCUT2D eigenvalue weighted by molar-refractivity contribution is 9.10. The highest BCUT2D eigenvalue weighted by Crippen LogP contribution is 2.23. The maximum absolute atomic E-state index is 13.0. The molecule has 0 heterocycles. The summed E-state index contributed by atoms with van der Waals surface area (Å²) in [6.07, 6.45) is 0. The van der Waals surface area contributed by atoms with Gasteiger partial charge in [0.15, 0.2) is 23.3 Å². The summed E-state index contributed by atoms with van der Waals surface area (Å²) in [5.41, 5.74) is -0.948. The summed E-state index contributed by atoms with van der Waals surface area (Å²) in [6, 6.07) is 2.93. The van der Waals surface area contributed by atoms with E-state index in [1.807, 2.05) is 0 Å². The zero-order valence-electron chi connectivity index (χ0n) is 14.9. The molecule has 0 fully saturated rings. The van der Waals surface area contributed by atoms with Crippen LogP contribution in [0.5, 0.6) is 0 Å². The van der Waals surface area contributed by atoms with E-state index in [9.17, 15) is 27.2 Å². The molecule has 0 atom stereocenters. The highest BCUT2D eigenvalue weighted by atomic mass is 79.9. The van der Waals surface area contributed by atoms with Crippen molar-refractivity contribution in [1.29, 1.82) is 0 Å². The van der Waals surface area contributed by atoms with Crippen LogP contribution in [0, 0.1) is 23.3 Å². The summed E-state index contributed by atoms with van der Waals surface area (Å²) in [7, 11) is 0. The van der Waals surface area contributed by atoms with Gasteiger partial charge >= 0.3 is 11.9 Å². The second-order valence-corrected chi connectivity index (χ2v) is 7.40. The molecule has 0 unspecified atom stereocenters. The lowest BCUT2D eigenvalue weighted by molar-refractivity contribution is 0.0685. The summed E-state index contributed by atoms with van der Waals surface area (Å²) < 4.78 is 50.8. The number of carboxylic acid groups (broad SMARTS) is 2. The van der Waals surface area contributed by atoms with Crippen molar-refractivity contribution in [3.63, 3.8) is 0 Å². The maximum Gasteiger partial charge on any atom is 0.337 e. The van der Waals surface area contributed by atoms with E-state index in [2.05, 4.69) is 21.2 Å². The van der Waals surface area contributed by atoms with Crippen molar-refractivity contribution in [2.24, 2.45) is 0 Å². The summed E-state index contributed by atoms with van der Waals surface area (Å²) in [4.78, 5) is 21.2. The lowest BCUT2D eigenvalue weighted by Crippen LogP contribution is -2.27. The molecule has 10 heteroatoms. The van der Waals surface area contributed by atoms with Crippen molar-refractivity contribution >= 4 is 33.6 Å². The van der Waals surface area contributed by atoms with Crippen LogP contribution in [-0.4, -0.2) is 27.7 Å². The van der Waals surface area contributed by atoms with Crippen molar-refractivity contribution in [3.8, 4) is 0 Å². The van der Waals surface area contributed by atoms with E-state index >= 15 is 0 Å². The first kappa shape index (κ1) is 23.4. The third kappa shape index (κ3) is 6.52. The second-order valence-electron chi connectivity index (χ2n) is 6.54. The van der Waals surface area contributed by atoms with Crippen LogP contribution in [-0.2, 0) is 0 Å². The molecule has 2 aromatic carbocycles.